The van der Waals surface area contributed by atoms with Gasteiger partial charge in [0.05, 0.1) is 5.02 Å². The summed E-state index contributed by atoms with van der Waals surface area (Å²) >= 11 is 5.98. The first-order chi connectivity index (χ1) is 8.75. The molecule has 1 atom stereocenters. The number of β-amino-alcohol motifs (C(OH)–C–C–N with tert-alkyl or cyclic N) is 1. The SMILES string of the molecule is OC(COc1ccccc1Cl)CN1CCCCC1. The fraction of sp³-hybridized carbons (Fsp3) is 0.571. The van der Waals surface area contributed by atoms with Crippen molar-refractivity contribution >= 4 is 11.6 Å². The van der Waals surface area contributed by atoms with Gasteiger partial charge in [-0.05, 0) is 38.1 Å². The molecular weight excluding hydrogens is 250 g/mol. The summed E-state index contributed by atoms with van der Waals surface area (Å²) in [6.45, 7) is 3.15. The van der Waals surface area contributed by atoms with Crippen molar-refractivity contribution in [1.82, 2.24) is 4.90 Å². The molecule has 1 heterocycles. The predicted octanol–water partition coefficient (Wildman–Crippen LogP) is 2.57. The first-order valence-electron chi connectivity index (χ1n) is 6.53. The van der Waals surface area contributed by atoms with E-state index >= 15 is 0 Å². The maximum atomic E-state index is 9.94. The maximum absolute atomic E-state index is 9.94. The van der Waals surface area contributed by atoms with Crippen molar-refractivity contribution < 1.29 is 9.84 Å². The second kappa shape index (κ2) is 6.98. The largest absolute Gasteiger partial charge is 0.489 e. The molecule has 18 heavy (non-hydrogen) atoms. The first kappa shape index (κ1) is 13.7. The second-order valence-corrected chi connectivity index (χ2v) is 5.16. The average molecular weight is 270 g/mol. The smallest absolute Gasteiger partial charge is 0.138 e. The lowest BCUT2D eigenvalue weighted by molar-refractivity contribution is 0.0617. The van der Waals surface area contributed by atoms with E-state index in [1.807, 2.05) is 18.2 Å². The van der Waals surface area contributed by atoms with Gasteiger partial charge in [-0.25, -0.2) is 0 Å². The zero-order chi connectivity index (χ0) is 12.8. The molecule has 0 aromatic heterocycles. The number of hydrogen-bond acceptors (Lipinski definition) is 3. The third-order valence-corrected chi connectivity index (χ3v) is 3.50. The van der Waals surface area contributed by atoms with Crippen molar-refractivity contribution in [3.8, 4) is 5.75 Å². The molecule has 1 aliphatic heterocycles. The van der Waals surface area contributed by atoms with Gasteiger partial charge < -0.3 is 14.7 Å². The summed E-state index contributed by atoms with van der Waals surface area (Å²) < 4.78 is 5.53. The van der Waals surface area contributed by atoms with Crippen molar-refractivity contribution in [3.05, 3.63) is 29.3 Å². The highest BCUT2D eigenvalue weighted by Gasteiger charge is 2.15. The minimum absolute atomic E-state index is 0.292. The Kier molecular flexibility index (Phi) is 5.29. The van der Waals surface area contributed by atoms with E-state index in [1.165, 1.54) is 19.3 Å². The van der Waals surface area contributed by atoms with Crippen molar-refractivity contribution in [3.63, 3.8) is 0 Å². The minimum atomic E-state index is -0.459. The molecule has 1 aromatic carbocycles. The highest BCUT2D eigenvalue weighted by Crippen LogP contribution is 2.23. The predicted molar refractivity (Wildman–Crippen MR) is 73.2 cm³/mol. The van der Waals surface area contributed by atoms with Crippen molar-refractivity contribution in [2.75, 3.05) is 26.2 Å². The van der Waals surface area contributed by atoms with Crippen LogP contribution in [-0.4, -0.2) is 42.4 Å². The van der Waals surface area contributed by atoms with Gasteiger partial charge in [0, 0.05) is 6.54 Å². The van der Waals surface area contributed by atoms with E-state index < -0.39 is 6.10 Å². The lowest BCUT2D eigenvalue weighted by Gasteiger charge is -2.28. The van der Waals surface area contributed by atoms with Crippen LogP contribution in [-0.2, 0) is 0 Å². The number of para-hydroxylation sites is 1. The van der Waals surface area contributed by atoms with Gasteiger partial charge in [-0.3, -0.25) is 0 Å². The van der Waals surface area contributed by atoms with Crippen LogP contribution in [0, 0.1) is 0 Å². The number of piperidine rings is 1. The summed E-state index contributed by atoms with van der Waals surface area (Å²) in [5.41, 5.74) is 0. The fourth-order valence-electron chi connectivity index (χ4n) is 2.24. The number of aliphatic hydroxyl groups is 1. The number of nitrogens with zero attached hydrogens (tertiary/aromatic N) is 1. The van der Waals surface area contributed by atoms with Crippen LogP contribution < -0.4 is 4.74 Å². The standard InChI is InChI=1S/C14H20ClNO2/c15-13-6-2-3-7-14(13)18-11-12(17)10-16-8-4-1-5-9-16/h2-3,6-7,12,17H,1,4-5,8-11H2. The summed E-state index contributed by atoms with van der Waals surface area (Å²) in [6, 6.07) is 7.33. The zero-order valence-corrected chi connectivity index (χ0v) is 11.3. The molecular formula is C14H20ClNO2. The lowest BCUT2D eigenvalue weighted by atomic mass is 10.1. The summed E-state index contributed by atoms with van der Waals surface area (Å²) in [5.74, 6) is 0.636. The Hall–Kier alpha value is -0.770. The van der Waals surface area contributed by atoms with Crippen LogP contribution in [0.25, 0.3) is 0 Å². The summed E-state index contributed by atoms with van der Waals surface area (Å²) in [5, 5.41) is 10.5. The van der Waals surface area contributed by atoms with Crippen molar-refractivity contribution in [1.29, 1.82) is 0 Å². The van der Waals surface area contributed by atoms with E-state index in [1.54, 1.807) is 6.07 Å². The number of ether oxygens (including phenoxy) is 1. The maximum Gasteiger partial charge on any atom is 0.138 e. The van der Waals surface area contributed by atoms with E-state index in [9.17, 15) is 5.11 Å². The highest BCUT2D eigenvalue weighted by molar-refractivity contribution is 6.32. The Balaban J connectivity index is 1.74. The van der Waals surface area contributed by atoms with Crippen molar-refractivity contribution in [2.45, 2.75) is 25.4 Å². The van der Waals surface area contributed by atoms with Gasteiger partial charge in [-0.1, -0.05) is 30.2 Å². The molecule has 0 bridgehead atoms. The fourth-order valence-corrected chi connectivity index (χ4v) is 2.43. The Morgan fingerprint density at radius 3 is 2.67 bits per heavy atom. The van der Waals surface area contributed by atoms with E-state index in [-0.39, 0.29) is 0 Å². The van der Waals surface area contributed by atoms with Gasteiger partial charge in [0.15, 0.2) is 0 Å². The minimum Gasteiger partial charge on any atom is -0.489 e. The van der Waals surface area contributed by atoms with Crippen LogP contribution in [0.15, 0.2) is 24.3 Å². The Morgan fingerprint density at radius 1 is 1.22 bits per heavy atom. The van der Waals surface area contributed by atoms with E-state index in [4.69, 9.17) is 16.3 Å². The molecule has 0 saturated carbocycles. The number of aliphatic hydroxyl groups excluding tert-OH is 1. The van der Waals surface area contributed by atoms with Gasteiger partial charge >= 0.3 is 0 Å². The molecule has 1 saturated heterocycles. The third kappa shape index (κ3) is 4.16. The molecule has 0 spiro atoms. The molecule has 3 nitrogen and oxygen atoms in total. The third-order valence-electron chi connectivity index (χ3n) is 3.19. The van der Waals surface area contributed by atoms with E-state index in [0.717, 1.165) is 13.1 Å². The molecule has 0 aliphatic carbocycles. The van der Waals surface area contributed by atoms with E-state index in [0.29, 0.717) is 23.9 Å². The van der Waals surface area contributed by atoms with Crippen LogP contribution in [0.5, 0.6) is 5.75 Å². The molecule has 1 N–H and O–H groups in total. The monoisotopic (exact) mass is 269 g/mol. The number of likely N-dealkylation sites (tertiary alicyclic amines) is 1. The first-order valence-corrected chi connectivity index (χ1v) is 6.91. The van der Waals surface area contributed by atoms with Gasteiger partial charge in [-0.15, -0.1) is 0 Å². The van der Waals surface area contributed by atoms with Gasteiger partial charge in [0.1, 0.15) is 18.5 Å². The highest BCUT2D eigenvalue weighted by atomic mass is 35.5. The number of halogens is 1. The van der Waals surface area contributed by atoms with E-state index in [2.05, 4.69) is 4.90 Å². The molecule has 1 aliphatic rings. The van der Waals surface area contributed by atoms with Gasteiger partial charge in [-0.2, -0.15) is 0 Å². The Morgan fingerprint density at radius 2 is 1.94 bits per heavy atom. The molecule has 4 heteroatoms. The quantitative estimate of drug-likeness (QED) is 0.892. The molecule has 2 rings (SSSR count). The summed E-state index contributed by atoms with van der Waals surface area (Å²) in [6.07, 6.45) is 3.32. The van der Waals surface area contributed by atoms with Crippen LogP contribution in [0.3, 0.4) is 0 Å². The van der Waals surface area contributed by atoms with Crippen LogP contribution in [0.1, 0.15) is 19.3 Å². The number of rotatable bonds is 5. The second-order valence-electron chi connectivity index (χ2n) is 4.76. The molecule has 0 amide bonds. The summed E-state index contributed by atoms with van der Waals surface area (Å²) in [4.78, 5) is 2.30. The van der Waals surface area contributed by atoms with Crippen LogP contribution >= 0.6 is 11.6 Å². The summed E-state index contributed by atoms with van der Waals surface area (Å²) in [7, 11) is 0. The van der Waals surface area contributed by atoms with Crippen LogP contribution in [0.2, 0.25) is 5.02 Å². The molecule has 100 valence electrons. The molecule has 1 unspecified atom stereocenters. The molecule has 1 fully saturated rings. The van der Waals surface area contributed by atoms with Gasteiger partial charge in [0.25, 0.3) is 0 Å². The average Bonchev–Trinajstić information content (AvgIpc) is 2.39. The van der Waals surface area contributed by atoms with Crippen molar-refractivity contribution in [2.24, 2.45) is 0 Å². The zero-order valence-electron chi connectivity index (χ0n) is 10.5. The normalized spacial score (nSPS) is 18.6. The van der Waals surface area contributed by atoms with Gasteiger partial charge in [0.2, 0.25) is 0 Å². The lowest BCUT2D eigenvalue weighted by Crippen LogP contribution is -2.38. The topological polar surface area (TPSA) is 32.7 Å². The van der Waals surface area contributed by atoms with Crippen LogP contribution in [0.4, 0.5) is 0 Å². The molecule has 1 aromatic rings. The Bertz CT molecular complexity index is 367. The number of hydrogen-bond donors (Lipinski definition) is 1. The number of benzene rings is 1. The molecule has 0 radical (unpaired) electrons. The Labute approximate surface area is 113 Å².